The lowest BCUT2D eigenvalue weighted by Gasteiger charge is -2.24. The van der Waals surface area contributed by atoms with Gasteiger partial charge in [-0.15, -0.1) is 0 Å². The quantitative estimate of drug-likeness (QED) is 0.235. The Kier molecular flexibility index (Phi) is 20.9. The van der Waals surface area contributed by atoms with Crippen LogP contribution < -0.4 is 0 Å². The summed E-state index contributed by atoms with van der Waals surface area (Å²) < 4.78 is 17.5. The fourth-order valence-electron chi connectivity index (χ4n) is 3.40. The summed E-state index contributed by atoms with van der Waals surface area (Å²) in [5.74, 6) is 0. The van der Waals surface area contributed by atoms with E-state index in [2.05, 4.69) is 27.7 Å². The monoisotopic (exact) mass is 418 g/mol. The molecule has 0 rings (SSSR count). The minimum Gasteiger partial charge on any atom is -0.390 e. The van der Waals surface area contributed by atoms with Crippen LogP contribution in [-0.4, -0.2) is 61.1 Å². The van der Waals surface area contributed by atoms with Crippen molar-refractivity contribution in [1.82, 2.24) is 0 Å². The van der Waals surface area contributed by atoms with E-state index < -0.39 is 0 Å². The van der Waals surface area contributed by atoms with E-state index in [0.717, 1.165) is 77.0 Å². The van der Waals surface area contributed by atoms with Crippen molar-refractivity contribution in [2.24, 2.45) is 0 Å². The van der Waals surface area contributed by atoms with Gasteiger partial charge in [-0.25, -0.2) is 0 Å². The predicted molar refractivity (Wildman–Crippen MR) is 120 cm³/mol. The molecule has 0 heterocycles. The predicted octanol–water partition coefficient (Wildman–Crippen LogP) is 5.26. The molecule has 0 aliphatic rings. The van der Waals surface area contributed by atoms with E-state index in [1.165, 1.54) is 0 Å². The van der Waals surface area contributed by atoms with E-state index in [0.29, 0.717) is 26.4 Å². The zero-order chi connectivity index (χ0) is 21.7. The van der Waals surface area contributed by atoms with Crippen molar-refractivity contribution in [3.63, 3.8) is 0 Å². The second-order valence-electron chi connectivity index (χ2n) is 8.13. The molecule has 0 aromatic heterocycles. The number of aliphatic hydroxyl groups is 2. The molecule has 0 aliphatic heterocycles. The SMILES string of the molecule is CCCC[C@@H](O)[C@@H](CCCC)OCCOCCO[C@H](CCCC)[C@H](O)CCCC. The molecule has 0 aliphatic carbocycles. The Labute approximate surface area is 180 Å². The standard InChI is InChI=1S/C24H50O5/c1-5-9-13-21(25)23(15-11-7-3)28-19-17-27-18-20-29-24(16-12-8-4)22(26)14-10-6-2/h21-26H,5-20H2,1-4H3/t21-,22-,23-,24-/m1/s1. The first kappa shape index (κ1) is 28.8. The zero-order valence-corrected chi connectivity index (χ0v) is 19.7. The highest BCUT2D eigenvalue weighted by atomic mass is 16.6. The van der Waals surface area contributed by atoms with Crippen LogP contribution in [0.1, 0.15) is 105 Å². The van der Waals surface area contributed by atoms with Crippen molar-refractivity contribution in [3.05, 3.63) is 0 Å². The van der Waals surface area contributed by atoms with Gasteiger partial charge in [0.05, 0.1) is 50.8 Å². The minimum absolute atomic E-state index is 0.0894. The van der Waals surface area contributed by atoms with E-state index in [1.807, 2.05) is 0 Å². The lowest BCUT2D eigenvalue weighted by Crippen LogP contribution is -2.31. The molecular weight excluding hydrogens is 368 g/mol. The average molecular weight is 419 g/mol. The Morgan fingerprint density at radius 1 is 0.517 bits per heavy atom. The van der Waals surface area contributed by atoms with Gasteiger partial charge in [0.15, 0.2) is 0 Å². The van der Waals surface area contributed by atoms with Crippen LogP contribution in [0.2, 0.25) is 0 Å². The van der Waals surface area contributed by atoms with Gasteiger partial charge in [-0.3, -0.25) is 0 Å². The fraction of sp³-hybridized carbons (Fsp3) is 1.00. The Balaban J connectivity index is 4.03. The molecule has 0 radical (unpaired) electrons. The first-order valence-corrected chi connectivity index (χ1v) is 12.3. The van der Waals surface area contributed by atoms with Crippen LogP contribution in [0.5, 0.6) is 0 Å². The molecule has 0 amide bonds. The van der Waals surface area contributed by atoms with Crippen LogP contribution in [0, 0.1) is 0 Å². The van der Waals surface area contributed by atoms with Gasteiger partial charge in [0, 0.05) is 0 Å². The molecule has 0 unspecified atom stereocenters. The molecular formula is C24H50O5. The second-order valence-corrected chi connectivity index (χ2v) is 8.13. The maximum absolute atomic E-state index is 10.3. The Morgan fingerprint density at radius 3 is 1.21 bits per heavy atom. The summed E-state index contributed by atoms with van der Waals surface area (Å²) in [6.07, 6.45) is 11.1. The molecule has 0 aromatic rings. The van der Waals surface area contributed by atoms with Gasteiger partial charge in [0.25, 0.3) is 0 Å². The largest absolute Gasteiger partial charge is 0.390 e. The number of unbranched alkanes of at least 4 members (excludes halogenated alkanes) is 4. The third-order valence-corrected chi connectivity index (χ3v) is 5.37. The van der Waals surface area contributed by atoms with E-state index in [9.17, 15) is 10.2 Å². The molecule has 0 saturated carbocycles. The van der Waals surface area contributed by atoms with Crippen molar-refractivity contribution >= 4 is 0 Å². The van der Waals surface area contributed by atoms with Gasteiger partial charge in [-0.1, -0.05) is 79.1 Å². The van der Waals surface area contributed by atoms with Gasteiger partial charge in [-0.05, 0) is 25.7 Å². The minimum atomic E-state index is -0.381. The molecule has 0 bridgehead atoms. The summed E-state index contributed by atoms with van der Waals surface area (Å²) in [4.78, 5) is 0. The maximum atomic E-state index is 10.3. The van der Waals surface area contributed by atoms with E-state index >= 15 is 0 Å². The summed E-state index contributed by atoms with van der Waals surface area (Å²) >= 11 is 0. The van der Waals surface area contributed by atoms with Crippen LogP contribution in [0.15, 0.2) is 0 Å². The Bertz CT molecular complexity index is 296. The van der Waals surface area contributed by atoms with Crippen LogP contribution >= 0.6 is 0 Å². The summed E-state index contributed by atoms with van der Waals surface area (Å²) in [7, 11) is 0. The third kappa shape index (κ3) is 16.2. The van der Waals surface area contributed by atoms with Crippen molar-refractivity contribution in [2.45, 2.75) is 129 Å². The van der Waals surface area contributed by atoms with Crippen LogP contribution in [-0.2, 0) is 14.2 Å². The molecule has 0 spiro atoms. The van der Waals surface area contributed by atoms with Gasteiger partial charge in [0.2, 0.25) is 0 Å². The molecule has 29 heavy (non-hydrogen) atoms. The Morgan fingerprint density at radius 2 is 0.862 bits per heavy atom. The highest BCUT2D eigenvalue weighted by Crippen LogP contribution is 2.15. The fourth-order valence-corrected chi connectivity index (χ4v) is 3.40. The van der Waals surface area contributed by atoms with E-state index in [1.54, 1.807) is 0 Å². The smallest absolute Gasteiger partial charge is 0.0835 e. The first-order chi connectivity index (χ1) is 14.1. The Hall–Kier alpha value is -0.200. The summed E-state index contributed by atoms with van der Waals surface area (Å²) in [5.41, 5.74) is 0. The number of aliphatic hydroxyl groups excluding tert-OH is 2. The molecule has 5 heteroatoms. The summed E-state index contributed by atoms with van der Waals surface area (Å²) in [6.45, 7) is 10.6. The number of rotatable bonds is 22. The number of hydrogen-bond acceptors (Lipinski definition) is 5. The normalized spacial score (nSPS) is 15.9. The molecule has 0 fully saturated rings. The lowest BCUT2D eigenvalue weighted by atomic mass is 10.0. The zero-order valence-electron chi connectivity index (χ0n) is 19.7. The molecule has 176 valence electrons. The van der Waals surface area contributed by atoms with Gasteiger partial charge >= 0.3 is 0 Å². The highest BCUT2D eigenvalue weighted by Gasteiger charge is 2.20. The average Bonchev–Trinajstić information content (AvgIpc) is 2.73. The van der Waals surface area contributed by atoms with Crippen molar-refractivity contribution in [2.75, 3.05) is 26.4 Å². The number of hydrogen-bond donors (Lipinski definition) is 2. The van der Waals surface area contributed by atoms with Crippen LogP contribution in [0.4, 0.5) is 0 Å². The summed E-state index contributed by atoms with van der Waals surface area (Å²) in [5, 5.41) is 20.7. The van der Waals surface area contributed by atoms with E-state index in [4.69, 9.17) is 14.2 Å². The van der Waals surface area contributed by atoms with Crippen molar-refractivity contribution in [3.8, 4) is 0 Å². The lowest BCUT2D eigenvalue weighted by molar-refractivity contribution is -0.0813. The topological polar surface area (TPSA) is 68.2 Å². The molecule has 0 aromatic carbocycles. The molecule has 4 atom stereocenters. The van der Waals surface area contributed by atoms with Crippen LogP contribution in [0.3, 0.4) is 0 Å². The molecule has 5 nitrogen and oxygen atoms in total. The van der Waals surface area contributed by atoms with E-state index in [-0.39, 0.29) is 24.4 Å². The number of ether oxygens (including phenoxy) is 3. The highest BCUT2D eigenvalue weighted by molar-refractivity contribution is 4.70. The van der Waals surface area contributed by atoms with Gasteiger partial charge < -0.3 is 24.4 Å². The third-order valence-electron chi connectivity index (χ3n) is 5.37. The van der Waals surface area contributed by atoms with Gasteiger partial charge in [0.1, 0.15) is 0 Å². The maximum Gasteiger partial charge on any atom is 0.0835 e. The van der Waals surface area contributed by atoms with Crippen molar-refractivity contribution in [1.29, 1.82) is 0 Å². The van der Waals surface area contributed by atoms with Crippen LogP contribution in [0.25, 0.3) is 0 Å². The molecule has 0 saturated heterocycles. The van der Waals surface area contributed by atoms with Crippen molar-refractivity contribution < 1.29 is 24.4 Å². The second kappa shape index (κ2) is 21.0. The van der Waals surface area contributed by atoms with Gasteiger partial charge in [-0.2, -0.15) is 0 Å². The first-order valence-electron chi connectivity index (χ1n) is 12.3. The summed E-state index contributed by atoms with van der Waals surface area (Å²) in [6, 6.07) is 0. The molecule has 2 N–H and O–H groups in total.